The van der Waals surface area contributed by atoms with Gasteiger partial charge >= 0.3 is 11.9 Å². The Morgan fingerprint density at radius 2 is 0.693 bits per heavy atom. The second-order valence-corrected chi connectivity index (χ2v) is 30.5. The number of carbonyl (C=O) groups is 2. The van der Waals surface area contributed by atoms with Crippen LogP contribution in [0.2, 0.25) is 0 Å². The normalized spacial score (nSPS) is 19.1. The van der Waals surface area contributed by atoms with E-state index in [1.807, 2.05) is 24.3 Å². The van der Waals surface area contributed by atoms with Crippen molar-refractivity contribution >= 4 is 11.9 Å². The first-order valence-corrected chi connectivity index (χ1v) is 29.9. The smallest absolute Gasteiger partial charge is 0.324 e. The van der Waals surface area contributed by atoms with Crippen molar-refractivity contribution in [3.05, 3.63) is 57.6 Å². The van der Waals surface area contributed by atoms with E-state index in [1.165, 1.54) is 64.2 Å². The predicted octanol–water partition coefficient (Wildman–Crippen LogP) is 16.9. The lowest BCUT2D eigenvalue weighted by atomic mass is 9.71. The van der Waals surface area contributed by atoms with Gasteiger partial charge in [0.15, 0.2) is 5.41 Å². The Morgan fingerprint density at radius 3 is 0.933 bits per heavy atom. The number of aromatic hydroxyl groups is 2. The van der Waals surface area contributed by atoms with E-state index in [2.05, 4.69) is 162 Å². The number of benzene rings is 2. The number of esters is 2. The molecular weight excluding hydrogens is 929 g/mol. The van der Waals surface area contributed by atoms with Crippen LogP contribution < -0.4 is 0 Å². The highest BCUT2D eigenvalue weighted by Gasteiger charge is 2.55. The van der Waals surface area contributed by atoms with Crippen LogP contribution in [0.15, 0.2) is 24.3 Å². The molecule has 0 saturated carbocycles. The summed E-state index contributed by atoms with van der Waals surface area (Å²) in [7, 11) is 0. The highest BCUT2D eigenvalue weighted by atomic mass is 16.6. The first-order chi connectivity index (χ1) is 34.2. The molecule has 2 fully saturated rings. The molecule has 0 spiro atoms. The molecule has 0 aromatic heterocycles. The number of piperidine rings is 2. The van der Waals surface area contributed by atoms with Crippen LogP contribution in [0, 0.1) is 5.41 Å². The zero-order chi connectivity index (χ0) is 57.0. The summed E-state index contributed by atoms with van der Waals surface area (Å²) in [5.41, 5.74) is -0.187. The first-order valence-electron chi connectivity index (χ1n) is 29.9. The molecule has 4 rings (SSSR count). The van der Waals surface area contributed by atoms with Crippen molar-refractivity contribution in [3.63, 3.8) is 0 Å². The van der Waals surface area contributed by atoms with E-state index < -0.39 is 51.2 Å². The summed E-state index contributed by atoms with van der Waals surface area (Å²) in [5.74, 6) is -0.658. The summed E-state index contributed by atoms with van der Waals surface area (Å²) in [4.78, 5) is 38.0. The number of unbranched alkanes of at least 4 members (excludes halogenated alkanes) is 10. The van der Waals surface area contributed by atoms with Crippen LogP contribution in [-0.2, 0) is 53.6 Å². The topological polar surface area (TPSA) is 99.5 Å². The number of rotatable bonds is 22. The lowest BCUT2D eigenvalue weighted by molar-refractivity contribution is -0.188. The van der Waals surface area contributed by atoms with Crippen molar-refractivity contribution in [1.82, 2.24) is 9.80 Å². The molecule has 0 atom stereocenters. The van der Waals surface area contributed by atoms with E-state index in [-0.39, 0.29) is 46.5 Å². The Hall–Kier alpha value is -3.10. The van der Waals surface area contributed by atoms with Crippen molar-refractivity contribution in [2.75, 3.05) is 13.1 Å². The van der Waals surface area contributed by atoms with Crippen LogP contribution in [0.3, 0.4) is 0 Å². The van der Waals surface area contributed by atoms with Crippen molar-refractivity contribution in [2.45, 2.75) is 324 Å². The zero-order valence-corrected chi connectivity index (χ0v) is 52.5. The van der Waals surface area contributed by atoms with Gasteiger partial charge in [0, 0.05) is 47.8 Å². The average Bonchev–Trinajstić information content (AvgIpc) is 3.23. The van der Waals surface area contributed by atoms with Crippen molar-refractivity contribution in [1.29, 1.82) is 0 Å². The number of phenols is 2. The summed E-state index contributed by atoms with van der Waals surface area (Å²) in [6, 6.07) is 8.05. The molecule has 0 aliphatic carbocycles. The van der Waals surface area contributed by atoms with Crippen LogP contribution >= 0.6 is 0 Å². The first kappa shape index (κ1) is 64.4. The van der Waals surface area contributed by atoms with Gasteiger partial charge in [-0.15, -0.1) is 0 Å². The molecule has 428 valence electrons. The largest absolute Gasteiger partial charge is 0.507 e. The van der Waals surface area contributed by atoms with Crippen LogP contribution in [0.5, 0.6) is 11.5 Å². The molecule has 0 bridgehead atoms. The molecule has 75 heavy (non-hydrogen) atoms. The molecule has 0 unspecified atom stereocenters. The fraction of sp³-hybridized carbons (Fsp3) is 0.791. The van der Waals surface area contributed by atoms with E-state index in [9.17, 15) is 10.2 Å². The molecule has 8 nitrogen and oxygen atoms in total. The number of hydrogen-bond acceptors (Lipinski definition) is 8. The maximum Gasteiger partial charge on any atom is 0.324 e. The predicted molar refractivity (Wildman–Crippen MR) is 316 cm³/mol. The van der Waals surface area contributed by atoms with Gasteiger partial charge in [0.2, 0.25) is 0 Å². The van der Waals surface area contributed by atoms with Gasteiger partial charge in [-0.3, -0.25) is 19.4 Å². The fourth-order valence-electron chi connectivity index (χ4n) is 13.5. The van der Waals surface area contributed by atoms with Gasteiger partial charge in [0.05, 0.1) is 0 Å². The number of hydrogen-bond donors (Lipinski definition) is 2. The van der Waals surface area contributed by atoms with Crippen molar-refractivity contribution in [3.8, 4) is 11.5 Å². The molecule has 2 aliphatic rings. The summed E-state index contributed by atoms with van der Waals surface area (Å²) in [6.45, 7) is 49.9. The van der Waals surface area contributed by atoms with Gasteiger partial charge in [-0.1, -0.05) is 185 Å². The molecule has 2 N–H and O–H groups in total. The molecular formula is C67H114N2O6. The minimum atomic E-state index is -1.85. The van der Waals surface area contributed by atoms with Gasteiger partial charge in [-0.05, 0) is 149 Å². The third-order valence-electron chi connectivity index (χ3n) is 17.2. The van der Waals surface area contributed by atoms with Gasteiger partial charge in [0.25, 0.3) is 0 Å². The summed E-state index contributed by atoms with van der Waals surface area (Å²) in [5, 5.41) is 24.1. The van der Waals surface area contributed by atoms with Crippen LogP contribution in [0.4, 0.5) is 0 Å². The maximum absolute atomic E-state index is 16.4. The average molecular weight is 1040 g/mol. The van der Waals surface area contributed by atoms with Gasteiger partial charge in [-0.25, -0.2) is 0 Å². The SMILES string of the molecule is CCCCCCCCN1C(C)(C)CC(OC(=O)C(Cc2cc(C(C)(C)C)c(O)c(C(C)(C)C)c2)(Cc2cc(C(C)(C)C)c(O)c(C(C)(C)C)c2)C(=O)OC2CC(C)(C)N(CCCCCCCC)C(C)(C)C2)CC1(C)C. The van der Waals surface area contributed by atoms with Crippen LogP contribution in [-0.4, -0.2) is 79.4 Å². The van der Waals surface area contributed by atoms with E-state index in [0.717, 1.165) is 59.3 Å². The van der Waals surface area contributed by atoms with Crippen LogP contribution in [0.25, 0.3) is 0 Å². The third kappa shape index (κ3) is 16.5. The fourth-order valence-corrected chi connectivity index (χ4v) is 13.5. The molecule has 2 aromatic carbocycles. The Morgan fingerprint density at radius 1 is 0.453 bits per heavy atom. The molecule has 2 saturated heterocycles. The van der Waals surface area contributed by atoms with Gasteiger partial charge in [0.1, 0.15) is 23.7 Å². The Balaban J connectivity index is 1.97. The molecule has 2 heterocycles. The third-order valence-corrected chi connectivity index (χ3v) is 17.2. The summed E-state index contributed by atoms with van der Waals surface area (Å²) < 4.78 is 14.1. The highest BCUT2D eigenvalue weighted by molar-refractivity contribution is 6.01. The lowest BCUT2D eigenvalue weighted by Crippen LogP contribution is -2.63. The van der Waals surface area contributed by atoms with E-state index >= 15 is 9.59 Å². The minimum absolute atomic E-state index is 0.00100. The van der Waals surface area contributed by atoms with E-state index in [1.54, 1.807) is 0 Å². The lowest BCUT2D eigenvalue weighted by Gasteiger charge is -2.55. The summed E-state index contributed by atoms with van der Waals surface area (Å²) >= 11 is 0. The molecule has 8 heteroatoms. The summed E-state index contributed by atoms with van der Waals surface area (Å²) in [6.07, 6.45) is 16.3. The zero-order valence-electron chi connectivity index (χ0n) is 52.5. The highest BCUT2D eigenvalue weighted by Crippen LogP contribution is 2.48. The minimum Gasteiger partial charge on any atom is -0.507 e. The Labute approximate surface area is 460 Å². The van der Waals surface area contributed by atoms with Crippen LogP contribution in [0.1, 0.15) is 288 Å². The molecule has 2 aromatic rings. The van der Waals surface area contributed by atoms with Crippen molar-refractivity contribution in [2.24, 2.45) is 5.41 Å². The molecule has 0 amide bonds. The standard InChI is InChI=1S/C67H114N2O6/c1-23-25-27-29-31-33-35-68-63(15,16)43-49(44-64(68,17)18)74-57(72)67(41-47-37-51(59(3,4)5)55(70)52(38-47)60(6,7)8,42-48-39-53(61(9,10)11)56(71)54(40-48)62(12,13)14)58(73)75-50-45-65(19,20)69(66(21,22)46-50)36-34-32-30-28-26-24-2/h37-40,49-50,70-71H,23-36,41-46H2,1-22H3. The van der Waals surface area contributed by atoms with Gasteiger partial charge in [-0.2, -0.15) is 0 Å². The maximum atomic E-state index is 16.4. The van der Waals surface area contributed by atoms with Gasteiger partial charge < -0.3 is 19.7 Å². The quantitative estimate of drug-likeness (QED) is 0.0684. The van der Waals surface area contributed by atoms with E-state index in [0.29, 0.717) is 25.7 Å². The van der Waals surface area contributed by atoms with E-state index in [4.69, 9.17) is 9.47 Å². The molecule has 2 aliphatic heterocycles. The molecule has 0 radical (unpaired) electrons. The number of carbonyl (C=O) groups excluding carboxylic acids is 2. The number of likely N-dealkylation sites (tertiary alicyclic amines) is 2. The monoisotopic (exact) mass is 1040 g/mol. The second kappa shape index (κ2) is 24.5. The second-order valence-electron chi connectivity index (χ2n) is 30.5. The Bertz CT molecular complexity index is 1940. The Kier molecular flexibility index (Phi) is 21.0. The van der Waals surface area contributed by atoms with Crippen molar-refractivity contribution < 1.29 is 29.3 Å². The number of phenolic OH excluding ortho intramolecular Hbond substituents is 2. The number of nitrogens with zero attached hydrogens (tertiary/aromatic N) is 2. The number of ether oxygens (including phenoxy) is 2.